The predicted octanol–water partition coefficient (Wildman–Crippen LogP) is 9.22. The lowest BCUT2D eigenvalue weighted by atomic mass is 9.99. The predicted molar refractivity (Wildman–Crippen MR) is 228 cm³/mol. The fraction of sp³-hybridized carbons (Fsp3) is 0.702. The number of carbonyl (C=O) groups excluding carboxylic acids is 2. The summed E-state index contributed by atoms with van der Waals surface area (Å²) < 4.78 is 22.0. The molecule has 0 saturated carbocycles. The van der Waals surface area contributed by atoms with E-state index in [0.717, 1.165) is 64.2 Å². The molecule has 0 radical (unpaired) electrons. The largest absolute Gasteiger partial charge is 0.462 e. The minimum atomic E-state index is -1.61. The van der Waals surface area contributed by atoms with Crippen LogP contribution in [0.1, 0.15) is 155 Å². The zero-order valence-corrected chi connectivity index (χ0v) is 35.3. The van der Waals surface area contributed by atoms with Crippen molar-refractivity contribution in [3.05, 3.63) is 72.9 Å². The van der Waals surface area contributed by atoms with Gasteiger partial charge in [0.15, 0.2) is 12.4 Å². The van der Waals surface area contributed by atoms with Crippen molar-refractivity contribution in [2.45, 2.75) is 192 Å². The number of ether oxygens (including phenoxy) is 4. The van der Waals surface area contributed by atoms with Gasteiger partial charge in [-0.2, -0.15) is 0 Å². The number of aliphatic hydroxyl groups is 4. The highest BCUT2D eigenvalue weighted by molar-refractivity contribution is 5.70. The van der Waals surface area contributed by atoms with Gasteiger partial charge in [-0.15, -0.1) is 0 Å². The Bertz CT molecular complexity index is 1160. The van der Waals surface area contributed by atoms with E-state index in [2.05, 4.69) is 74.6 Å². The molecule has 0 spiro atoms. The van der Waals surface area contributed by atoms with Crippen molar-refractivity contribution in [2.24, 2.45) is 0 Å². The van der Waals surface area contributed by atoms with Gasteiger partial charge < -0.3 is 39.4 Å². The molecule has 326 valence electrons. The molecule has 1 fully saturated rings. The van der Waals surface area contributed by atoms with Crippen molar-refractivity contribution in [1.82, 2.24) is 0 Å². The highest BCUT2D eigenvalue weighted by Gasteiger charge is 2.44. The lowest BCUT2D eigenvalue weighted by Gasteiger charge is -2.39. The summed E-state index contributed by atoms with van der Waals surface area (Å²) in [6, 6.07) is 0. The highest BCUT2D eigenvalue weighted by Crippen LogP contribution is 2.22. The van der Waals surface area contributed by atoms with Gasteiger partial charge >= 0.3 is 11.9 Å². The lowest BCUT2D eigenvalue weighted by molar-refractivity contribution is -0.305. The fourth-order valence-electron chi connectivity index (χ4n) is 6.05. The molecular weight excluding hydrogens is 725 g/mol. The van der Waals surface area contributed by atoms with Gasteiger partial charge in [0.05, 0.1) is 13.2 Å². The molecule has 57 heavy (non-hydrogen) atoms. The number of carbonyl (C=O) groups is 2. The first-order valence-corrected chi connectivity index (χ1v) is 22.0. The Hall–Kier alpha value is -2.86. The first kappa shape index (κ1) is 52.2. The van der Waals surface area contributed by atoms with Crippen LogP contribution >= 0.6 is 0 Å². The third kappa shape index (κ3) is 29.1. The Morgan fingerprint density at radius 1 is 0.544 bits per heavy atom. The number of unbranched alkanes of at least 4 members (excludes halogenated alkanes) is 12. The van der Waals surface area contributed by atoms with Gasteiger partial charge in [-0.25, -0.2) is 0 Å². The minimum Gasteiger partial charge on any atom is -0.462 e. The van der Waals surface area contributed by atoms with Gasteiger partial charge in [-0.3, -0.25) is 9.59 Å². The number of hydrogen-bond donors (Lipinski definition) is 4. The number of rotatable bonds is 35. The average molecular weight is 803 g/mol. The molecule has 1 aliphatic heterocycles. The molecule has 1 heterocycles. The first-order valence-electron chi connectivity index (χ1n) is 22.0. The summed E-state index contributed by atoms with van der Waals surface area (Å²) in [5.74, 6) is -0.920. The number of aliphatic hydroxyl groups excluding tert-OH is 4. The molecule has 10 heteroatoms. The smallest absolute Gasteiger partial charge is 0.306 e. The molecule has 10 nitrogen and oxygen atoms in total. The molecule has 1 saturated heterocycles. The summed E-state index contributed by atoms with van der Waals surface area (Å²) in [5.41, 5.74) is 0. The van der Waals surface area contributed by atoms with Crippen molar-refractivity contribution >= 4 is 11.9 Å². The van der Waals surface area contributed by atoms with E-state index in [1.165, 1.54) is 51.4 Å². The van der Waals surface area contributed by atoms with Crippen LogP contribution in [0.3, 0.4) is 0 Å². The molecule has 0 aromatic carbocycles. The van der Waals surface area contributed by atoms with Crippen molar-refractivity contribution in [2.75, 3.05) is 19.8 Å². The monoisotopic (exact) mass is 803 g/mol. The van der Waals surface area contributed by atoms with E-state index in [0.29, 0.717) is 12.8 Å². The van der Waals surface area contributed by atoms with Crippen LogP contribution in [0.5, 0.6) is 0 Å². The van der Waals surface area contributed by atoms with Gasteiger partial charge in [-0.1, -0.05) is 138 Å². The number of hydrogen-bond acceptors (Lipinski definition) is 10. The maximum atomic E-state index is 12.7. The summed E-state index contributed by atoms with van der Waals surface area (Å²) >= 11 is 0. The summed E-state index contributed by atoms with van der Waals surface area (Å²) in [4.78, 5) is 25.3. The fourth-order valence-corrected chi connectivity index (χ4v) is 6.05. The van der Waals surface area contributed by atoms with Crippen LogP contribution in [-0.2, 0) is 28.5 Å². The SMILES string of the molecule is CCCCC/C=C/C/C=C/C/C=C/C/C=C/C/C=C/CCC(=O)OC[C@@H](CO[C@H]1O[C@@H](CO)[C@@H](O)C(O)C1O)OC(=O)CCCCCCC/C=C/CCCCCC. The first-order chi connectivity index (χ1) is 27.8. The van der Waals surface area contributed by atoms with Gasteiger partial charge in [-0.05, 0) is 77.0 Å². The molecule has 2 unspecified atom stereocenters. The second-order valence-electron chi connectivity index (χ2n) is 14.8. The maximum Gasteiger partial charge on any atom is 0.306 e. The van der Waals surface area contributed by atoms with Crippen LogP contribution in [0.4, 0.5) is 0 Å². The number of esters is 2. The van der Waals surface area contributed by atoms with E-state index in [9.17, 15) is 30.0 Å². The second kappa shape index (κ2) is 37.4. The van der Waals surface area contributed by atoms with Crippen molar-refractivity contribution in [3.63, 3.8) is 0 Å². The molecule has 0 aromatic heterocycles. The Balaban J connectivity index is 2.41. The van der Waals surface area contributed by atoms with Crippen molar-refractivity contribution in [1.29, 1.82) is 0 Å². The van der Waals surface area contributed by atoms with Crippen LogP contribution in [0.15, 0.2) is 72.9 Å². The Kier molecular flexibility index (Phi) is 34.2. The van der Waals surface area contributed by atoms with Crippen molar-refractivity contribution < 1.29 is 49.0 Å². The average Bonchev–Trinajstić information content (AvgIpc) is 3.21. The second-order valence-corrected chi connectivity index (χ2v) is 14.8. The van der Waals surface area contributed by atoms with E-state index in [1.807, 2.05) is 12.2 Å². The van der Waals surface area contributed by atoms with Gasteiger partial charge in [0.1, 0.15) is 31.0 Å². The third-order valence-corrected chi connectivity index (χ3v) is 9.58. The van der Waals surface area contributed by atoms with Crippen LogP contribution in [0.25, 0.3) is 0 Å². The molecule has 1 aliphatic rings. The zero-order valence-electron chi connectivity index (χ0n) is 35.3. The molecule has 1 rings (SSSR count). The molecule has 6 atom stereocenters. The Morgan fingerprint density at radius 3 is 1.60 bits per heavy atom. The van der Waals surface area contributed by atoms with Gasteiger partial charge in [0.2, 0.25) is 0 Å². The third-order valence-electron chi connectivity index (χ3n) is 9.58. The molecule has 0 bridgehead atoms. The summed E-state index contributed by atoms with van der Waals surface area (Å²) in [5, 5.41) is 40.0. The van der Waals surface area contributed by atoms with E-state index in [4.69, 9.17) is 18.9 Å². The van der Waals surface area contributed by atoms with Crippen LogP contribution < -0.4 is 0 Å². The molecule has 0 aromatic rings. The normalized spacial score (nSPS) is 21.0. The van der Waals surface area contributed by atoms with E-state index in [1.54, 1.807) is 0 Å². The van der Waals surface area contributed by atoms with Crippen LogP contribution in [-0.4, -0.2) is 89.0 Å². The standard InChI is InChI=1S/C47H78O10/c1-3-5-7-9-11-13-15-17-18-19-20-21-22-24-25-27-29-31-33-35-42(49)54-38-40(39-55-47-46(53)45(52)44(51)41(37-48)57-47)56-43(50)36-34-32-30-28-26-23-16-14-12-10-8-6-4-2/h11,13-14,16-18,20-21,24-25,29,31,40-41,44-48,51-53H,3-10,12,15,19,22-23,26-28,30,32-39H2,1-2H3/b13-11+,16-14+,18-17+,21-20+,25-24+,31-29+/t40-,41-,44+,45?,46?,47-/m0/s1. The summed E-state index contributed by atoms with van der Waals surface area (Å²) in [6.07, 6.45) is 39.2. The van der Waals surface area contributed by atoms with E-state index in [-0.39, 0.29) is 26.1 Å². The molecular formula is C47H78O10. The topological polar surface area (TPSA) is 152 Å². The Morgan fingerprint density at radius 2 is 1.02 bits per heavy atom. The van der Waals surface area contributed by atoms with E-state index < -0.39 is 55.4 Å². The lowest BCUT2D eigenvalue weighted by Crippen LogP contribution is -2.59. The molecule has 0 aliphatic carbocycles. The summed E-state index contributed by atoms with van der Waals surface area (Å²) in [7, 11) is 0. The zero-order chi connectivity index (χ0) is 41.6. The van der Waals surface area contributed by atoms with Crippen LogP contribution in [0, 0.1) is 0 Å². The van der Waals surface area contributed by atoms with Crippen molar-refractivity contribution in [3.8, 4) is 0 Å². The molecule has 0 amide bonds. The maximum absolute atomic E-state index is 12.7. The molecule has 4 N–H and O–H groups in total. The van der Waals surface area contributed by atoms with Crippen LogP contribution in [0.2, 0.25) is 0 Å². The van der Waals surface area contributed by atoms with Gasteiger partial charge in [0.25, 0.3) is 0 Å². The van der Waals surface area contributed by atoms with E-state index >= 15 is 0 Å². The quantitative estimate of drug-likeness (QED) is 0.0277. The number of allylic oxidation sites excluding steroid dienone is 12. The Labute approximate surface area is 344 Å². The minimum absolute atomic E-state index is 0.147. The summed E-state index contributed by atoms with van der Waals surface area (Å²) in [6.45, 7) is 3.27. The van der Waals surface area contributed by atoms with Gasteiger partial charge in [0, 0.05) is 12.8 Å². The highest BCUT2D eigenvalue weighted by atomic mass is 16.7.